The van der Waals surface area contributed by atoms with Crippen LogP contribution < -0.4 is 5.73 Å². The van der Waals surface area contributed by atoms with E-state index in [2.05, 4.69) is 5.10 Å². The number of rotatable bonds is 4. The fourth-order valence-corrected chi connectivity index (χ4v) is 3.22. The molecule has 0 saturated carbocycles. The molecule has 1 amide bonds. The highest BCUT2D eigenvalue weighted by Gasteiger charge is 2.40. The van der Waals surface area contributed by atoms with E-state index in [4.69, 9.17) is 5.73 Å². The van der Waals surface area contributed by atoms with Crippen molar-refractivity contribution in [1.82, 2.24) is 14.7 Å². The number of anilines is 1. The zero-order valence-corrected chi connectivity index (χ0v) is 13.4. The highest BCUT2D eigenvalue weighted by molar-refractivity contribution is 5.79. The van der Waals surface area contributed by atoms with Crippen molar-refractivity contribution in [2.75, 3.05) is 18.8 Å². The SMILES string of the molecule is Cc1cc(N)n(CC(=O)N2C[C@H](C(=O)O)[C@@H](c3ccccc3)C2)n1. The number of nitrogens with zero attached hydrogens (tertiary/aromatic N) is 3. The van der Waals surface area contributed by atoms with Gasteiger partial charge in [0.25, 0.3) is 0 Å². The Morgan fingerprint density at radius 2 is 2.00 bits per heavy atom. The summed E-state index contributed by atoms with van der Waals surface area (Å²) in [6.07, 6.45) is 0. The molecule has 0 radical (unpaired) electrons. The van der Waals surface area contributed by atoms with Gasteiger partial charge in [-0.1, -0.05) is 30.3 Å². The van der Waals surface area contributed by atoms with Crippen LogP contribution in [0.3, 0.4) is 0 Å². The summed E-state index contributed by atoms with van der Waals surface area (Å²) >= 11 is 0. The van der Waals surface area contributed by atoms with Crippen LogP contribution in [0.5, 0.6) is 0 Å². The molecular formula is C17H20N4O3. The first kappa shape index (κ1) is 16.0. The van der Waals surface area contributed by atoms with E-state index in [1.165, 1.54) is 4.68 Å². The molecule has 2 atom stereocenters. The van der Waals surface area contributed by atoms with Gasteiger partial charge in [-0.2, -0.15) is 5.10 Å². The van der Waals surface area contributed by atoms with Crippen LogP contribution in [0.15, 0.2) is 36.4 Å². The number of likely N-dealkylation sites (tertiary alicyclic amines) is 1. The maximum atomic E-state index is 12.5. The van der Waals surface area contributed by atoms with Crippen LogP contribution in [0.4, 0.5) is 5.82 Å². The number of carbonyl (C=O) groups excluding carboxylic acids is 1. The summed E-state index contributed by atoms with van der Waals surface area (Å²) in [6, 6.07) is 11.2. The average Bonchev–Trinajstić information content (AvgIpc) is 3.12. The van der Waals surface area contributed by atoms with Crippen molar-refractivity contribution in [3.8, 4) is 0 Å². The van der Waals surface area contributed by atoms with E-state index in [-0.39, 0.29) is 24.9 Å². The van der Waals surface area contributed by atoms with Crippen molar-refractivity contribution in [3.63, 3.8) is 0 Å². The Kier molecular flexibility index (Phi) is 4.24. The summed E-state index contributed by atoms with van der Waals surface area (Å²) in [5.74, 6) is -1.44. The third kappa shape index (κ3) is 3.10. The molecule has 0 bridgehead atoms. The maximum absolute atomic E-state index is 12.5. The lowest BCUT2D eigenvalue weighted by atomic mass is 9.89. The predicted molar refractivity (Wildman–Crippen MR) is 88.3 cm³/mol. The minimum absolute atomic E-state index is 0.0214. The molecule has 126 valence electrons. The van der Waals surface area contributed by atoms with Gasteiger partial charge < -0.3 is 15.7 Å². The van der Waals surface area contributed by atoms with Crippen molar-refractivity contribution in [1.29, 1.82) is 0 Å². The Morgan fingerprint density at radius 3 is 2.58 bits per heavy atom. The van der Waals surface area contributed by atoms with E-state index in [0.717, 1.165) is 11.3 Å². The van der Waals surface area contributed by atoms with E-state index < -0.39 is 11.9 Å². The third-order valence-electron chi connectivity index (χ3n) is 4.44. The van der Waals surface area contributed by atoms with Gasteiger partial charge in [0.05, 0.1) is 11.6 Å². The minimum atomic E-state index is -0.881. The molecule has 7 nitrogen and oxygen atoms in total. The molecule has 24 heavy (non-hydrogen) atoms. The number of aryl methyl sites for hydroxylation is 1. The van der Waals surface area contributed by atoms with Crippen molar-refractivity contribution < 1.29 is 14.7 Å². The molecule has 1 aromatic carbocycles. The van der Waals surface area contributed by atoms with Crippen LogP contribution in [-0.2, 0) is 16.1 Å². The molecule has 1 aliphatic rings. The zero-order chi connectivity index (χ0) is 17.3. The van der Waals surface area contributed by atoms with Gasteiger partial charge >= 0.3 is 5.97 Å². The average molecular weight is 328 g/mol. The normalized spacial score (nSPS) is 20.3. The van der Waals surface area contributed by atoms with E-state index in [1.54, 1.807) is 17.9 Å². The summed E-state index contributed by atoms with van der Waals surface area (Å²) in [5, 5.41) is 13.7. The standard InChI is InChI=1S/C17H20N4O3/c1-11-7-15(18)21(19-11)10-16(22)20-8-13(14(9-20)17(23)24)12-5-3-2-4-6-12/h2-7,13-14H,8-10,18H2,1H3,(H,23,24)/t13-,14+/m1/s1. The molecule has 1 aliphatic heterocycles. The van der Waals surface area contributed by atoms with Gasteiger partial charge in [-0.05, 0) is 12.5 Å². The van der Waals surface area contributed by atoms with Crippen molar-refractivity contribution in [2.45, 2.75) is 19.4 Å². The lowest BCUT2D eigenvalue weighted by molar-refractivity contribution is -0.141. The number of hydrogen-bond acceptors (Lipinski definition) is 4. The van der Waals surface area contributed by atoms with E-state index in [1.807, 2.05) is 30.3 Å². The molecule has 1 saturated heterocycles. The molecule has 2 aromatic rings. The number of carboxylic acids is 1. The second-order valence-electron chi connectivity index (χ2n) is 6.13. The van der Waals surface area contributed by atoms with E-state index in [9.17, 15) is 14.7 Å². The lowest BCUT2D eigenvalue weighted by Crippen LogP contribution is -2.33. The Labute approximate surface area is 139 Å². The highest BCUT2D eigenvalue weighted by Crippen LogP contribution is 2.33. The van der Waals surface area contributed by atoms with Crippen LogP contribution in [-0.4, -0.2) is 44.8 Å². The molecule has 1 fully saturated rings. The van der Waals surface area contributed by atoms with Crippen molar-refractivity contribution in [3.05, 3.63) is 47.7 Å². The van der Waals surface area contributed by atoms with E-state index in [0.29, 0.717) is 12.4 Å². The quantitative estimate of drug-likeness (QED) is 0.875. The molecule has 1 aromatic heterocycles. The smallest absolute Gasteiger partial charge is 0.308 e. The number of benzene rings is 1. The van der Waals surface area contributed by atoms with Crippen molar-refractivity contribution >= 4 is 17.7 Å². The molecule has 0 unspecified atom stereocenters. The summed E-state index contributed by atoms with van der Waals surface area (Å²) in [7, 11) is 0. The monoisotopic (exact) mass is 328 g/mol. The van der Waals surface area contributed by atoms with Gasteiger partial charge in [0, 0.05) is 25.1 Å². The van der Waals surface area contributed by atoms with Crippen LogP contribution >= 0.6 is 0 Å². The maximum Gasteiger partial charge on any atom is 0.308 e. The number of hydrogen-bond donors (Lipinski definition) is 2. The van der Waals surface area contributed by atoms with Gasteiger partial charge in [-0.3, -0.25) is 9.59 Å². The first-order chi connectivity index (χ1) is 11.5. The lowest BCUT2D eigenvalue weighted by Gasteiger charge is -2.17. The van der Waals surface area contributed by atoms with Gasteiger partial charge in [0.2, 0.25) is 5.91 Å². The number of carbonyl (C=O) groups is 2. The largest absolute Gasteiger partial charge is 0.481 e. The first-order valence-electron chi connectivity index (χ1n) is 7.81. The fraction of sp³-hybridized carbons (Fsp3) is 0.353. The molecule has 0 aliphatic carbocycles. The van der Waals surface area contributed by atoms with Crippen LogP contribution in [0.2, 0.25) is 0 Å². The van der Waals surface area contributed by atoms with Crippen LogP contribution in [0.25, 0.3) is 0 Å². The fourth-order valence-electron chi connectivity index (χ4n) is 3.22. The number of nitrogens with two attached hydrogens (primary N) is 1. The highest BCUT2D eigenvalue weighted by atomic mass is 16.4. The third-order valence-corrected chi connectivity index (χ3v) is 4.44. The van der Waals surface area contributed by atoms with Gasteiger partial charge in [-0.25, -0.2) is 4.68 Å². The number of aliphatic carboxylic acids is 1. The summed E-state index contributed by atoms with van der Waals surface area (Å²) in [4.78, 5) is 25.7. The molecule has 3 rings (SSSR count). The Bertz CT molecular complexity index is 756. The van der Waals surface area contributed by atoms with Crippen LogP contribution in [0, 0.1) is 12.8 Å². The zero-order valence-electron chi connectivity index (χ0n) is 13.4. The number of aromatic nitrogens is 2. The number of amides is 1. The van der Waals surface area contributed by atoms with Crippen molar-refractivity contribution in [2.24, 2.45) is 5.92 Å². The van der Waals surface area contributed by atoms with Gasteiger partial charge in [0.15, 0.2) is 0 Å². The minimum Gasteiger partial charge on any atom is -0.481 e. The van der Waals surface area contributed by atoms with Crippen LogP contribution in [0.1, 0.15) is 17.2 Å². The molecule has 0 spiro atoms. The second-order valence-corrected chi connectivity index (χ2v) is 6.13. The summed E-state index contributed by atoms with van der Waals surface area (Å²) in [5.41, 5.74) is 7.50. The molecular weight excluding hydrogens is 308 g/mol. The number of carboxylic acid groups (broad SMARTS) is 1. The van der Waals surface area contributed by atoms with Gasteiger partial charge in [0.1, 0.15) is 12.4 Å². The molecule has 2 heterocycles. The van der Waals surface area contributed by atoms with E-state index >= 15 is 0 Å². The predicted octanol–water partition coefficient (Wildman–Crippen LogP) is 1.10. The Balaban J connectivity index is 1.76. The first-order valence-corrected chi connectivity index (χ1v) is 7.81. The molecule has 3 N–H and O–H groups in total. The summed E-state index contributed by atoms with van der Waals surface area (Å²) < 4.78 is 1.45. The summed E-state index contributed by atoms with van der Waals surface area (Å²) in [6.45, 7) is 2.42. The van der Waals surface area contributed by atoms with Gasteiger partial charge in [-0.15, -0.1) is 0 Å². The Hall–Kier alpha value is -2.83. The topological polar surface area (TPSA) is 101 Å². The number of nitrogen functional groups attached to an aromatic ring is 1. The Morgan fingerprint density at radius 1 is 1.29 bits per heavy atom. The second kappa shape index (κ2) is 6.35. The molecule has 7 heteroatoms.